The van der Waals surface area contributed by atoms with E-state index in [-0.39, 0.29) is 23.6 Å². The van der Waals surface area contributed by atoms with Gasteiger partial charge in [0.2, 0.25) is 5.91 Å². The minimum Gasteiger partial charge on any atom is -0.375 e. The van der Waals surface area contributed by atoms with Crippen LogP contribution >= 0.6 is 0 Å². The van der Waals surface area contributed by atoms with Crippen LogP contribution in [-0.4, -0.2) is 49.3 Å². The average Bonchev–Trinajstić information content (AvgIpc) is 2.28. The molecule has 0 aliphatic carbocycles. The summed E-state index contributed by atoms with van der Waals surface area (Å²) in [6.07, 6.45) is 1.79. The zero-order chi connectivity index (χ0) is 13.2. The first-order valence-corrected chi connectivity index (χ1v) is 6.87. The van der Waals surface area contributed by atoms with E-state index in [0.717, 1.165) is 26.0 Å². The highest BCUT2D eigenvalue weighted by Crippen LogP contribution is 2.23. The molecule has 2 rings (SSSR count). The Labute approximate surface area is 109 Å². The summed E-state index contributed by atoms with van der Waals surface area (Å²) >= 11 is 0. The average molecular weight is 255 g/mol. The number of piperazine rings is 1. The number of ether oxygens (including phenoxy) is 1. The summed E-state index contributed by atoms with van der Waals surface area (Å²) in [5, 5.41) is 9.73. The molecule has 2 saturated heterocycles. The molecule has 18 heavy (non-hydrogen) atoms. The Kier molecular flexibility index (Phi) is 4.25. The molecule has 0 aromatic rings. The summed E-state index contributed by atoms with van der Waals surface area (Å²) in [5.41, 5.74) is -0.122. The van der Waals surface area contributed by atoms with Crippen molar-refractivity contribution in [3.63, 3.8) is 0 Å². The molecule has 104 valence electrons. The second-order valence-electron chi connectivity index (χ2n) is 6.08. The third-order valence-electron chi connectivity index (χ3n) is 3.70. The van der Waals surface area contributed by atoms with E-state index in [1.54, 1.807) is 0 Å². The smallest absolute Gasteiger partial charge is 0.238 e. The van der Waals surface area contributed by atoms with Crippen LogP contribution < -0.4 is 16.0 Å². The second kappa shape index (κ2) is 5.55. The highest BCUT2D eigenvalue weighted by atomic mass is 16.5. The van der Waals surface area contributed by atoms with Crippen LogP contribution in [0.1, 0.15) is 33.6 Å². The lowest BCUT2D eigenvalue weighted by molar-refractivity contribution is -0.126. The zero-order valence-electron chi connectivity index (χ0n) is 11.6. The van der Waals surface area contributed by atoms with Crippen molar-refractivity contribution in [3.8, 4) is 0 Å². The molecule has 2 aliphatic heterocycles. The lowest BCUT2D eigenvalue weighted by Gasteiger charge is -2.37. The normalized spacial score (nSPS) is 36.1. The molecule has 2 fully saturated rings. The maximum Gasteiger partial charge on any atom is 0.238 e. The molecule has 0 aromatic heterocycles. The highest BCUT2D eigenvalue weighted by Gasteiger charge is 2.31. The molecule has 5 heteroatoms. The van der Waals surface area contributed by atoms with E-state index >= 15 is 0 Å². The predicted octanol–water partition coefficient (Wildman–Crippen LogP) is 0.0101. The van der Waals surface area contributed by atoms with E-state index in [1.165, 1.54) is 0 Å². The van der Waals surface area contributed by atoms with E-state index in [0.29, 0.717) is 12.6 Å². The Balaban J connectivity index is 1.80. The van der Waals surface area contributed by atoms with Crippen molar-refractivity contribution < 1.29 is 9.53 Å². The molecule has 0 saturated carbocycles. The van der Waals surface area contributed by atoms with Gasteiger partial charge in [0.15, 0.2) is 0 Å². The van der Waals surface area contributed by atoms with Gasteiger partial charge in [-0.25, -0.2) is 0 Å². The Morgan fingerprint density at radius 3 is 2.72 bits per heavy atom. The first kappa shape index (κ1) is 13.8. The van der Waals surface area contributed by atoms with Crippen LogP contribution in [0.3, 0.4) is 0 Å². The molecule has 5 nitrogen and oxygen atoms in total. The van der Waals surface area contributed by atoms with Gasteiger partial charge in [-0.15, -0.1) is 0 Å². The van der Waals surface area contributed by atoms with Gasteiger partial charge in [-0.2, -0.15) is 0 Å². The number of carbonyl (C=O) groups is 1. The van der Waals surface area contributed by atoms with Crippen molar-refractivity contribution in [3.05, 3.63) is 0 Å². The van der Waals surface area contributed by atoms with Gasteiger partial charge in [-0.1, -0.05) is 0 Å². The molecule has 0 aromatic carbocycles. The molecule has 2 aliphatic rings. The molecule has 3 atom stereocenters. The van der Waals surface area contributed by atoms with Crippen molar-refractivity contribution in [2.75, 3.05) is 19.7 Å². The van der Waals surface area contributed by atoms with E-state index in [1.807, 2.05) is 0 Å². The number of amides is 1. The van der Waals surface area contributed by atoms with Crippen LogP contribution in [0.25, 0.3) is 0 Å². The van der Waals surface area contributed by atoms with Crippen molar-refractivity contribution >= 4 is 5.91 Å². The Morgan fingerprint density at radius 2 is 2.11 bits per heavy atom. The fraction of sp³-hybridized carbons (Fsp3) is 0.923. The number of carbonyl (C=O) groups excluding carboxylic acids is 1. The summed E-state index contributed by atoms with van der Waals surface area (Å²) in [7, 11) is 0. The van der Waals surface area contributed by atoms with Crippen LogP contribution in [-0.2, 0) is 9.53 Å². The minimum absolute atomic E-state index is 0.104. The van der Waals surface area contributed by atoms with E-state index in [4.69, 9.17) is 4.74 Å². The second-order valence-corrected chi connectivity index (χ2v) is 6.08. The summed E-state index contributed by atoms with van der Waals surface area (Å²) in [6, 6.07) is 0.575. The predicted molar refractivity (Wildman–Crippen MR) is 70.5 cm³/mol. The fourth-order valence-corrected chi connectivity index (χ4v) is 2.62. The SMILES string of the molecule is CC1CNC(C(=O)NC2CCOC(C)(C)C2)CN1. The Bertz CT molecular complexity index is 299. The number of hydrogen-bond acceptors (Lipinski definition) is 4. The summed E-state index contributed by atoms with van der Waals surface area (Å²) in [4.78, 5) is 12.1. The quantitative estimate of drug-likeness (QED) is 0.650. The summed E-state index contributed by atoms with van der Waals surface area (Å²) in [5.74, 6) is 0.108. The largest absolute Gasteiger partial charge is 0.375 e. The maximum atomic E-state index is 12.1. The molecule has 2 heterocycles. The van der Waals surface area contributed by atoms with Crippen LogP contribution in [0.2, 0.25) is 0 Å². The van der Waals surface area contributed by atoms with Crippen molar-refractivity contribution in [2.24, 2.45) is 0 Å². The van der Waals surface area contributed by atoms with Crippen molar-refractivity contribution in [1.82, 2.24) is 16.0 Å². The molecular weight excluding hydrogens is 230 g/mol. The number of hydrogen-bond donors (Lipinski definition) is 3. The molecule has 0 radical (unpaired) electrons. The van der Waals surface area contributed by atoms with Crippen LogP contribution in [0.15, 0.2) is 0 Å². The maximum absolute atomic E-state index is 12.1. The minimum atomic E-state index is -0.122. The summed E-state index contributed by atoms with van der Waals surface area (Å²) in [6.45, 7) is 8.55. The number of rotatable bonds is 2. The third-order valence-corrected chi connectivity index (χ3v) is 3.70. The lowest BCUT2D eigenvalue weighted by Crippen LogP contribution is -2.60. The van der Waals surface area contributed by atoms with Gasteiger partial charge in [-0.05, 0) is 33.6 Å². The van der Waals surface area contributed by atoms with Gasteiger partial charge >= 0.3 is 0 Å². The lowest BCUT2D eigenvalue weighted by atomic mass is 9.93. The van der Waals surface area contributed by atoms with E-state index < -0.39 is 0 Å². The molecule has 0 bridgehead atoms. The van der Waals surface area contributed by atoms with Crippen molar-refractivity contribution in [1.29, 1.82) is 0 Å². The van der Waals surface area contributed by atoms with E-state index in [9.17, 15) is 4.79 Å². The number of nitrogens with one attached hydrogen (secondary N) is 3. The van der Waals surface area contributed by atoms with Gasteiger partial charge in [0, 0.05) is 31.8 Å². The first-order chi connectivity index (χ1) is 8.46. The van der Waals surface area contributed by atoms with Crippen LogP contribution in [0.4, 0.5) is 0 Å². The molecule has 1 amide bonds. The summed E-state index contributed by atoms with van der Waals surface area (Å²) < 4.78 is 5.66. The van der Waals surface area contributed by atoms with E-state index in [2.05, 4.69) is 36.7 Å². The van der Waals surface area contributed by atoms with Gasteiger partial charge in [0.05, 0.1) is 11.6 Å². The zero-order valence-corrected chi connectivity index (χ0v) is 11.6. The van der Waals surface area contributed by atoms with Gasteiger partial charge in [0.1, 0.15) is 0 Å². The molecule has 3 unspecified atom stereocenters. The Morgan fingerprint density at radius 1 is 1.33 bits per heavy atom. The standard InChI is InChI=1S/C13H25N3O2/c1-9-7-15-11(8-14-9)12(17)16-10-4-5-18-13(2,3)6-10/h9-11,14-15H,4-8H2,1-3H3,(H,16,17). The topological polar surface area (TPSA) is 62.4 Å². The monoisotopic (exact) mass is 255 g/mol. The van der Waals surface area contributed by atoms with Crippen LogP contribution in [0, 0.1) is 0 Å². The van der Waals surface area contributed by atoms with Gasteiger partial charge in [-0.3, -0.25) is 4.79 Å². The fourth-order valence-electron chi connectivity index (χ4n) is 2.62. The molecule has 3 N–H and O–H groups in total. The van der Waals surface area contributed by atoms with Gasteiger partial charge < -0.3 is 20.7 Å². The first-order valence-electron chi connectivity index (χ1n) is 6.87. The highest BCUT2D eigenvalue weighted by molar-refractivity contribution is 5.82. The Hall–Kier alpha value is -0.650. The van der Waals surface area contributed by atoms with Crippen LogP contribution in [0.5, 0.6) is 0 Å². The molecule has 0 spiro atoms. The molecular formula is C13H25N3O2. The third kappa shape index (κ3) is 3.67. The van der Waals surface area contributed by atoms with Crippen molar-refractivity contribution in [2.45, 2.75) is 57.3 Å². The van der Waals surface area contributed by atoms with Gasteiger partial charge in [0.25, 0.3) is 0 Å².